The van der Waals surface area contributed by atoms with Gasteiger partial charge in [0.15, 0.2) is 0 Å². The van der Waals surface area contributed by atoms with Gasteiger partial charge in [0.1, 0.15) is 23.0 Å². The predicted molar refractivity (Wildman–Crippen MR) is 120 cm³/mol. The summed E-state index contributed by atoms with van der Waals surface area (Å²) in [4.78, 5) is 17.4. The predicted octanol–water partition coefficient (Wildman–Crippen LogP) is 4.70. The minimum atomic E-state index is 0.634. The molecule has 160 valence electrons. The molecule has 0 unspecified atom stereocenters. The Hall–Kier alpha value is -3.94. The lowest BCUT2D eigenvalue weighted by Crippen LogP contribution is -1.96. The molecule has 5 heterocycles. The Kier molecular flexibility index (Phi) is 3.98. The minimum Gasteiger partial charge on any atom is -0.496 e. The van der Waals surface area contributed by atoms with Crippen molar-refractivity contribution in [3.8, 4) is 34.0 Å². The van der Waals surface area contributed by atoms with Crippen LogP contribution in [-0.2, 0) is 6.42 Å². The summed E-state index contributed by atoms with van der Waals surface area (Å²) in [5.74, 6) is 2.87. The number of aromatic nitrogens is 5. The smallest absolute Gasteiger partial charge is 0.217 e. The highest BCUT2D eigenvalue weighted by atomic mass is 16.5. The van der Waals surface area contributed by atoms with E-state index in [2.05, 4.69) is 21.2 Å². The maximum absolute atomic E-state index is 5.79. The van der Waals surface area contributed by atoms with Crippen LogP contribution in [-0.4, -0.2) is 38.8 Å². The molecule has 8 heteroatoms. The standard InChI is InChI=1S/C24H21N5O3/c1-11-20(12(2)32-29-11)17-9-18-16(10-19(17)30-4)21-22(26-13(3)27-23(21)28-18)14-5-7-25-24-15(14)6-8-31-24/h5,7,9-10H,6,8H2,1-4H3,(H,26,27,28). The average molecular weight is 427 g/mol. The van der Waals surface area contributed by atoms with E-state index in [-0.39, 0.29) is 0 Å². The number of H-pyrrole nitrogens is 1. The van der Waals surface area contributed by atoms with Crippen molar-refractivity contribution in [3.63, 3.8) is 0 Å². The first kappa shape index (κ1) is 18.8. The number of fused-ring (bicyclic) bond motifs is 4. The minimum absolute atomic E-state index is 0.634. The van der Waals surface area contributed by atoms with Gasteiger partial charge in [0.2, 0.25) is 5.88 Å². The van der Waals surface area contributed by atoms with Gasteiger partial charge in [-0.3, -0.25) is 0 Å². The second kappa shape index (κ2) is 6.78. The fourth-order valence-electron chi connectivity index (χ4n) is 4.67. The molecule has 1 N–H and O–H groups in total. The third-order valence-electron chi connectivity index (χ3n) is 6.05. The van der Waals surface area contributed by atoms with E-state index in [0.29, 0.717) is 18.3 Å². The molecule has 6 rings (SSSR count). The molecule has 8 nitrogen and oxygen atoms in total. The Morgan fingerprint density at radius 3 is 2.75 bits per heavy atom. The Morgan fingerprint density at radius 2 is 1.97 bits per heavy atom. The van der Waals surface area contributed by atoms with Crippen LogP contribution >= 0.6 is 0 Å². The number of rotatable bonds is 3. The molecule has 0 saturated heterocycles. The Bertz CT molecular complexity index is 1510. The lowest BCUT2D eigenvalue weighted by molar-refractivity contribution is 0.345. The van der Waals surface area contributed by atoms with E-state index in [1.54, 1.807) is 13.3 Å². The van der Waals surface area contributed by atoms with Crippen LogP contribution in [0.5, 0.6) is 11.6 Å². The molecule has 0 radical (unpaired) electrons. The summed E-state index contributed by atoms with van der Waals surface area (Å²) in [7, 11) is 1.67. The molecule has 1 aliphatic heterocycles. The monoisotopic (exact) mass is 427 g/mol. The largest absolute Gasteiger partial charge is 0.496 e. The molecule has 0 saturated carbocycles. The number of benzene rings is 1. The molecule has 5 aromatic rings. The van der Waals surface area contributed by atoms with Gasteiger partial charge < -0.3 is 19.0 Å². The van der Waals surface area contributed by atoms with E-state index in [0.717, 1.165) is 73.5 Å². The van der Waals surface area contributed by atoms with Crippen LogP contribution < -0.4 is 9.47 Å². The molecule has 0 bridgehead atoms. The highest BCUT2D eigenvalue weighted by Gasteiger charge is 2.24. The van der Waals surface area contributed by atoms with Crippen molar-refractivity contribution in [1.82, 2.24) is 25.1 Å². The molecule has 0 fully saturated rings. The Morgan fingerprint density at radius 1 is 1.09 bits per heavy atom. The van der Waals surface area contributed by atoms with Crippen LogP contribution in [0, 0.1) is 20.8 Å². The number of aryl methyl sites for hydroxylation is 3. The molecule has 1 aromatic carbocycles. The first-order chi connectivity index (χ1) is 15.5. The maximum Gasteiger partial charge on any atom is 0.217 e. The van der Waals surface area contributed by atoms with Crippen LogP contribution in [0.3, 0.4) is 0 Å². The zero-order valence-electron chi connectivity index (χ0n) is 18.2. The number of hydrogen-bond donors (Lipinski definition) is 1. The number of aromatic amines is 1. The summed E-state index contributed by atoms with van der Waals surface area (Å²) in [6.07, 6.45) is 2.58. The van der Waals surface area contributed by atoms with Gasteiger partial charge in [0.05, 0.1) is 36.1 Å². The van der Waals surface area contributed by atoms with E-state index in [4.69, 9.17) is 24.0 Å². The normalized spacial score (nSPS) is 13.0. The van der Waals surface area contributed by atoms with Crippen molar-refractivity contribution in [1.29, 1.82) is 0 Å². The average Bonchev–Trinajstić information content (AvgIpc) is 3.48. The van der Waals surface area contributed by atoms with Crippen LogP contribution in [0.1, 0.15) is 22.8 Å². The fraction of sp³-hybridized carbons (Fsp3) is 0.250. The number of methoxy groups -OCH3 is 1. The van der Waals surface area contributed by atoms with Gasteiger partial charge in [-0.05, 0) is 39.0 Å². The molecule has 4 aromatic heterocycles. The van der Waals surface area contributed by atoms with Crippen molar-refractivity contribution in [2.24, 2.45) is 0 Å². The number of pyridine rings is 1. The van der Waals surface area contributed by atoms with Crippen LogP contribution in [0.15, 0.2) is 28.9 Å². The highest BCUT2D eigenvalue weighted by molar-refractivity contribution is 6.13. The van der Waals surface area contributed by atoms with Crippen LogP contribution in [0.2, 0.25) is 0 Å². The second-order valence-electron chi connectivity index (χ2n) is 8.01. The van der Waals surface area contributed by atoms with Gasteiger partial charge in [0, 0.05) is 40.2 Å². The van der Waals surface area contributed by atoms with E-state index in [1.165, 1.54) is 0 Å². The molecule has 0 aliphatic carbocycles. The first-order valence-electron chi connectivity index (χ1n) is 10.5. The lowest BCUT2D eigenvalue weighted by atomic mass is 9.98. The summed E-state index contributed by atoms with van der Waals surface area (Å²) in [5, 5.41) is 6.05. The summed E-state index contributed by atoms with van der Waals surface area (Å²) in [5.41, 5.74) is 7.39. The highest BCUT2D eigenvalue weighted by Crippen LogP contribution is 2.42. The first-order valence-corrected chi connectivity index (χ1v) is 10.5. The SMILES string of the molecule is COc1cc2c(cc1-c1c(C)noc1C)[nH]c1nc(C)nc(-c3ccnc4c3CCO4)c12. The number of nitrogens with zero attached hydrogens (tertiary/aromatic N) is 4. The molecular formula is C24H21N5O3. The van der Waals surface area contributed by atoms with Crippen LogP contribution in [0.4, 0.5) is 0 Å². The zero-order chi connectivity index (χ0) is 22.0. The number of ether oxygens (including phenoxy) is 2. The van der Waals surface area contributed by atoms with Gasteiger partial charge in [0.25, 0.3) is 0 Å². The molecule has 0 atom stereocenters. The van der Waals surface area contributed by atoms with Crippen molar-refractivity contribution in [2.75, 3.05) is 13.7 Å². The van der Waals surface area contributed by atoms with Crippen molar-refractivity contribution >= 4 is 21.9 Å². The fourth-order valence-corrected chi connectivity index (χ4v) is 4.67. The third kappa shape index (κ3) is 2.62. The van der Waals surface area contributed by atoms with Crippen LogP contribution in [0.25, 0.3) is 44.3 Å². The zero-order valence-corrected chi connectivity index (χ0v) is 18.2. The molecule has 32 heavy (non-hydrogen) atoms. The molecule has 0 spiro atoms. The van der Waals surface area contributed by atoms with E-state index in [1.807, 2.05) is 32.9 Å². The maximum atomic E-state index is 5.79. The van der Waals surface area contributed by atoms with Crippen molar-refractivity contribution in [2.45, 2.75) is 27.2 Å². The lowest BCUT2D eigenvalue weighted by Gasteiger charge is -2.10. The molecule has 0 amide bonds. The summed E-state index contributed by atoms with van der Waals surface area (Å²) >= 11 is 0. The summed E-state index contributed by atoms with van der Waals surface area (Å²) in [6, 6.07) is 6.11. The second-order valence-corrected chi connectivity index (χ2v) is 8.01. The van der Waals surface area contributed by atoms with Gasteiger partial charge in [-0.2, -0.15) is 0 Å². The van der Waals surface area contributed by atoms with Gasteiger partial charge in [-0.25, -0.2) is 15.0 Å². The van der Waals surface area contributed by atoms with Crippen molar-refractivity contribution < 1.29 is 14.0 Å². The number of hydrogen-bond acceptors (Lipinski definition) is 7. The van der Waals surface area contributed by atoms with E-state index >= 15 is 0 Å². The summed E-state index contributed by atoms with van der Waals surface area (Å²) < 4.78 is 16.9. The molecular weight excluding hydrogens is 406 g/mol. The Labute approximate surface area is 183 Å². The third-order valence-corrected chi connectivity index (χ3v) is 6.05. The van der Waals surface area contributed by atoms with E-state index < -0.39 is 0 Å². The van der Waals surface area contributed by atoms with Gasteiger partial charge >= 0.3 is 0 Å². The summed E-state index contributed by atoms with van der Waals surface area (Å²) in [6.45, 7) is 6.38. The Balaban J connectivity index is 1.69. The van der Waals surface area contributed by atoms with Gasteiger partial charge in [-0.15, -0.1) is 0 Å². The number of nitrogens with one attached hydrogen (secondary N) is 1. The topological polar surface area (TPSA) is 99.0 Å². The quantitative estimate of drug-likeness (QED) is 0.446. The van der Waals surface area contributed by atoms with Crippen molar-refractivity contribution in [3.05, 3.63) is 47.2 Å². The molecule has 1 aliphatic rings. The van der Waals surface area contributed by atoms with E-state index in [9.17, 15) is 0 Å². The van der Waals surface area contributed by atoms with Gasteiger partial charge in [-0.1, -0.05) is 5.16 Å².